The lowest BCUT2D eigenvalue weighted by Gasteiger charge is -2.20. The minimum atomic E-state index is 0.0955. The van der Waals surface area contributed by atoms with Crippen molar-refractivity contribution in [2.75, 3.05) is 0 Å². The highest BCUT2D eigenvalue weighted by molar-refractivity contribution is 7.80. The van der Waals surface area contributed by atoms with Crippen molar-refractivity contribution in [3.8, 4) is 0 Å². The summed E-state index contributed by atoms with van der Waals surface area (Å²) in [6.07, 6.45) is 0.791. The molecule has 2 aromatic rings. The molecule has 0 saturated heterocycles. The summed E-state index contributed by atoms with van der Waals surface area (Å²) in [6, 6.07) is 11.9. The lowest BCUT2D eigenvalue weighted by molar-refractivity contribution is 0.378. The fourth-order valence-electron chi connectivity index (χ4n) is 2.23. The van der Waals surface area contributed by atoms with Gasteiger partial charge in [0.25, 0.3) is 0 Å². The Balaban J connectivity index is 1.92. The number of hydrogen-bond acceptors (Lipinski definition) is 3. The smallest absolute Gasteiger partial charge is 0.187 e. The highest BCUT2D eigenvalue weighted by Gasteiger charge is 2.30. The van der Waals surface area contributed by atoms with E-state index in [1.807, 2.05) is 35.7 Å². The number of nitrogens with zero attached hydrogens (tertiary/aromatic N) is 2. The summed E-state index contributed by atoms with van der Waals surface area (Å²) >= 11 is 12.7. The van der Waals surface area contributed by atoms with Gasteiger partial charge in [0.05, 0.1) is 11.8 Å². The first kappa shape index (κ1) is 13.5. The van der Waals surface area contributed by atoms with Gasteiger partial charge in [-0.25, -0.2) is 5.01 Å². The van der Waals surface area contributed by atoms with Crippen LogP contribution in [0.3, 0.4) is 0 Å². The normalized spacial score (nSPS) is 18.1. The molecular weight excluding hydrogens is 310 g/mol. The van der Waals surface area contributed by atoms with Gasteiger partial charge in [-0.3, -0.25) is 0 Å². The Morgan fingerprint density at radius 2 is 2.10 bits per heavy atom. The number of hydrazone groups is 1. The van der Waals surface area contributed by atoms with Gasteiger partial charge >= 0.3 is 0 Å². The molecule has 1 aromatic heterocycles. The first-order chi connectivity index (χ1) is 9.65. The third kappa shape index (κ3) is 2.57. The first-order valence-corrected chi connectivity index (χ1v) is 7.77. The van der Waals surface area contributed by atoms with Crippen LogP contribution < -0.4 is 5.73 Å². The van der Waals surface area contributed by atoms with Gasteiger partial charge in [-0.15, -0.1) is 11.3 Å². The van der Waals surface area contributed by atoms with Crippen molar-refractivity contribution in [3.05, 3.63) is 57.2 Å². The van der Waals surface area contributed by atoms with Gasteiger partial charge < -0.3 is 5.73 Å². The number of hydrogen-bond donors (Lipinski definition) is 1. The number of halogens is 1. The summed E-state index contributed by atoms with van der Waals surface area (Å²) in [5, 5.41) is 9.36. The topological polar surface area (TPSA) is 41.6 Å². The molecule has 2 N–H and O–H groups in total. The number of benzene rings is 1. The Morgan fingerprint density at radius 3 is 2.70 bits per heavy atom. The van der Waals surface area contributed by atoms with Crippen LogP contribution in [0.2, 0.25) is 5.02 Å². The Kier molecular flexibility index (Phi) is 3.74. The van der Waals surface area contributed by atoms with Gasteiger partial charge in [-0.2, -0.15) is 5.10 Å². The molecule has 1 aromatic carbocycles. The van der Waals surface area contributed by atoms with Crippen molar-refractivity contribution in [3.63, 3.8) is 0 Å². The van der Waals surface area contributed by atoms with Crippen LogP contribution in [-0.2, 0) is 0 Å². The highest BCUT2D eigenvalue weighted by atomic mass is 35.5. The van der Waals surface area contributed by atoms with Crippen LogP contribution in [0.15, 0.2) is 46.9 Å². The second-order valence-electron chi connectivity index (χ2n) is 4.47. The van der Waals surface area contributed by atoms with Crippen LogP contribution in [0.1, 0.15) is 22.9 Å². The third-order valence-corrected chi connectivity index (χ3v) is 4.60. The summed E-state index contributed by atoms with van der Waals surface area (Å²) in [6.45, 7) is 0. The Bertz CT molecular complexity index is 650. The van der Waals surface area contributed by atoms with E-state index in [4.69, 9.17) is 29.6 Å². The first-order valence-electron chi connectivity index (χ1n) is 6.10. The summed E-state index contributed by atoms with van der Waals surface area (Å²) in [4.78, 5) is 1.21. The summed E-state index contributed by atoms with van der Waals surface area (Å²) < 4.78 is 0. The summed E-state index contributed by atoms with van der Waals surface area (Å²) in [7, 11) is 0. The van der Waals surface area contributed by atoms with E-state index in [0.29, 0.717) is 10.1 Å². The van der Waals surface area contributed by atoms with Crippen molar-refractivity contribution in [2.45, 2.75) is 12.5 Å². The van der Waals surface area contributed by atoms with E-state index in [1.54, 1.807) is 16.3 Å². The molecular formula is C14H12ClN3S2. The van der Waals surface area contributed by atoms with Crippen LogP contribution in [0.25, 0.3) is 0 Å². The van der Waals surface area contributed by atoms with E-state index in [2.05, 4.69) is 11.2 Å². The zero-order valence-electron chi connectivity index (χ0n) is 10.5. The van der Waals surface area contributed by atoms with E-state index >= 15 is 0 Å². The minimum absolute atomic E-state index is 0.0955. The molecule has 0 saturated carbocycles. The van der Waals surface area contributed by atoms with E-state index in [1.165, 1.54) is 4.88 Å². The van der Waals surface area contributed by atoms with Crippen LogP contribution in [0.5, 0.6) is 0 Å². The van der Waals surface area contributed by atoms with E-state index in [9.17, 15) is 0 Å². The molecule has 0 spiro atoms. The fraction of sp³-hybridized carbons (Fsp3) is 0.143. The van der Waals surface area contributed by atoms with Crippen molar-refractivity contribution < 1.29 is 0 Å². The maximum Gasteiger partial charge on any atom is 0.187 e. The third-order valence-electron chi connectivity index (χ3n) is 3.19. The van der Waals surface area contributed by atoms with E-state index in [0.717, 1.165) is 17.7 Å². The molecule has 1 atom stereocenters. The van der Waals surface area contributed by atoms with Gasteiger partial charge in [-0.05, 0) is 41.4 Å². The lowest BCUT2D eigenvalue weighted by Crippen LogP contribution is -2.31. The molecule has 102 valence electrons. The van der Waals surface area contributed by atoms with Gasteiger partial charge in [0.15, 0.2) is 5.11 Å². The van der Waals surface area contributed by atoms with E-state index < -0.39 is 0 Å². The summed E-state index contributed by atoms with van der Waals surface area (Å²) in [5.41, 5.74) is 7.82. The number of nitrogens with two attached hydrogens (primary N) is 1. The molecule has 3 nitrogen and oxygen atoms in total. The van der Waals surface area contributed by atoms with E-state index in [-0.39, 0.29) is 6.04 Å². The van der Waals surface area contributed by atoms with Crippen molar-refractivity contribution >= 4 is 46.0 Å². The monoisotopic (exact) mass is 321 g/mol. The minimum Gasteiger partial charge on any atom is -0.375 e. The molecule has 0 aliphatic carbocycles. The molecule has 0 bridgehead atoms. The second-order valence-corrected chi connectivity index (χ2v) is 6.31. The predicted molar refractivity (Wildman–Crippen MR) is 88.3 cm³/mol. The maximum absolute atomic E-state index is 5.92. The lowest BCUT2D eigenvalue weighted by atomic mass is 10.0. The standard InChI is InChI=1S/C14H12ClN3S2/c15-10-5-3-9(4-6-10)11-8-12(13-2-1-7-20-13)18(17-11)14(16)19/h1-7,12H,8H2,(H2,16,19)/t12-/m0/s1. The van der Waals surface area contributed by atoms with Gasteiger partial charge in [0.2, 0.25) is 0 Å². The zero-order chi connectivity index (χ0) is 14.1. The predicted octanol–water partition coefficient (Wildman–Crippen LogP) is 3.80. The Labute approximate surface area is 131 Å². The Hall–Kier alpha value is -1.43. The van der Waals surface area contributed by atoms with Crippen molar-refractivity contribution in [1.29, 1.82) is 0 Å². The second kappa shape index (κ2) is 5.52. The average Bonchev–Trinajstić information content (AvgIpc) is 3.08. The molecule has 1 aliphatic heterocycles. The SMILES string of the molecule is NC(=S)N1N=C(c2ccc(Cl)cc2)C[C@H]1c1cccs1. The van der Waals surface area contributed by atoms with Crippen LogP contribution in [0, 0.1) is 0 Å². The van der Waals surface area contributed by atoms with Crippen LogP contribution in [-0.4, -0.2) is 15.8 Å². The maximum atomic E-state index is 5.92. The van der Waals surface area contributed by atoms with Crippen LogP contribution in [0.4, 0.5) is 0 Å². The highest BCUT2D eigenvalue weighted by Crippen LogP contribution is 2.34. The average molecular weight is 322 g/mol. The van der Waals surface area contributed by atoms with Gasteiger partial charge in [0.1, 0.15) is 0 Å². The molecule has 6 heteroatoms. The number of thiocarbonyl (C=S) groups is 1. The molecule has 0 amide bonds. The number of rotatable bonds is 2. The van der Waals surface area contributed by atoms with Gasteiger partial charge in [-0.1, -0.05) is 29.8 Å². The van der Waals surface area contributed by atoms with Crippen molar-refractivity contribution in [2.24, 2.45) is 10.8 Å². The largest absolute Gasteiger partial charge is 0.375 e. The summed E-state index contributed by atoms with van der Waals surface area (Å²) in [5.74, 6) is 0. The molecule has 0 radical (unpaired) electrons. The Morgan fingerprint density at radius 1 is 1.35 bits per heavy atom. The molecule has 20 heavy (non-hydrogen) atoms. The zero-order valence-corrected chi connectivity index (χ0v) is 12.9. The number of thiophene rings is 1. The van der Waals surface area contributed by atoms with Gasteiger partial charge in [0, 0.05) is 16.3 Å². The molecule has 3 rings (SSSR count). The van der Waals surface area contributed by atoms with Crippen molar-refractivity contribution in [1.82, 2.24) is 5.01 Å². The molecule has 0 unspecified atom stereocenters. The quantitative estimate of drug-likeness (QED) is 0.855. The molecule has 0 fully saturated rings. The molecule has 2 heterocycles. The van der Waals surface area contributed by atoms with Crippen LogP contribution >= 0.6 is 35.2 Å². The fourth-order valence-corrected chi connectivity index (χ4v) is 3.34. The molecule has 1 aliphatic rings.